The normalized spacial score (nSPS) is 9.96. The Morgan fingerprint density at radius 2 is 1.56 bits per heavy atom. The van der Waals surface area contributed by atoms with Crippen LogP contribution < -0.4 is 10.9 Å². The molecule has 10 heteroatoms. The molecule has 0 aliphatic rings. The van der Waals surface area contributed by atoms with Crippen molar-refractivity contribution in [2.24, 2.45) is 0 Å². The Morgan fingerprint density at radius 1 is 0.920 bits per heavy atom. The fourth-order valence-corrected chi connectivity index (χ4v) is 2.10. The number of nitrogens with zero attached hydrogens (tertiary/aromatic N) is 2. The van der Waals surface area contributed by atoms with Gasteiger partial charge in [-0.05, 0) is 19.1 Å². The second kappa shape index (κ2) is 7.17. The maximum Gasteiger partial charge on any atom is 0.285 e. The van der Waals surface area contributed by atoms with E-state index in [1.54, 1.807) is 0 Å². The van der Waals surface area contributed by atoms with E-state index in [2.05, 4.69) is 10.9 Å². The molecule has 0 unspecified atom stereocenters. The monoisotopic (exact) mass is 344 g/mol. The lowest BCUT2D eigenvalue weighted by Gasteiger charge is -2.08. The van der Waals surface area contributed by atoms with Crippen molar-refractivity contribution >= 4 is 23.2 Å². The van der Waals surface area contributed by atoms with E-state index in [9.17, 15) is 29.8 Å². The zero-order valence-corrected chi connectivity index (χ0v) is 12.9. The van der Waals surface area contributed by atoms with Gasteiger partial charge in [0, 0.05) is 23.3 Å². The lowest BCUT2D eigenvalue weighted by Crippen LogP contribution is -2.41. The first-order valence-electron chi connectivity index (χ1n) is 6.90. The summed E-state index contributed by atoms with van der Waals surface area (Å²) < 4.78 is 0. The van der Waals surface area contributed by atoms with Crippen LogP contribution in [0.4, 0.5) is 11.4 Å². The molecule has 0 aliphatic heterocycles. The predicted octanol–water partition coefficient (Wildman–Crippen LogP) is 1.89. The van der Waals surface area contributed by atoms with E-state index in [0.29, 0.717) is 5.56 Å². The third-order valence-electron chi connectivity index (χ3n) is 3.27. The van der Waals surface area contributed by atoms with Gasteiger partial charge >= 0.3 is 0 Å². The van der Waals surface area contributed by atoms with E-state index >= 15 is 0 Å². The smallest absolute Gasteiger partial charge is 0.267 e. The van der Waals surface area contributed by atoms with Crippen molar-refractivity contribution in [3.8, 4) is 0 Å². The van der Waals surface area contributed by atoms with Crippen LogP contribution >= 0.6 is 0 Å². The molecule has 0 aromatic heterocycles. The molecule has 0 fully saturated rings. The SMILES string of the molecule is Cc1cccc(C(=O)NNC(=O)c2cccc([N+](=O)[O-])c2)c1[N+](=O)[O-]. The van der Waals surface area contributed by atoms with Crippen molar-refractivity contribution < 1.29 is 19.4 Å². The molecule has 2 aromatic carbocycles. The Balaban J connectivity index is 2.14. The van der Waals surface area contributed by atoms with E-state index in [1.165, 1.54) is 43.3 Å². The Morgan fingerprint density at radius 3 is 2.20 bits per heavy atom. The van der Waals surface area contributed by atoms with Crippen molar-refractivity contribution in [2.75, 3.05) is 0 Å². The molecule has 0 spiro atoms. The minimum absolute atomic E-state index is 0.0479. The number of aryl methyl sites for hydroxylation is 1. The van der Waals surface area contributed by atoms with Crippen LogP contribution in [-0.4, -0.2) is 21.7 Å². The van der Waals surface area contributed by atoms with Gasteiger partial charge in [-0.2, -0.15) is 0 Å². The maximum atomic E-state index is 12.1. The van der Waals surface area contributed by atoms with Crippen LogP contribution in [0.3, 0.4) is 0 Å². The molecule has 0 saturated carbocycles. The molecule has 0 aliphatic carbocycles. The molecular formula is C15H12N4O6. The molecule has 2 aromatic rings. The molecule has 0 saturated heterocycles. The minimum atomic E-state index is -0.880. The fraction of sp³-hybridized carbons (Fsp3) is 0.0667. The number of carbonyl (C=O) groups is 2. The Labute approximate surface area is 140 Å². The van der Waals surface area contributed by atoms with E-state index < -0.39 is 21.7 Å². The van der Waals surface area contributed by atoms with Crippen molar-refractivity contribution in [1.29, 1.82) is 0 Å². The Kier molecular flexibility index (Phi) is 5.03. The summed E-state index contributed by atoms with van der Waals surface area (Å²) in [5, 5.41) is 21.8. The van der Waals surface area contributed by atoms with Crippen LogP contribution in [0.15, 0.2) is 42.5 Å². The molecule has 10 nitrogen and oxygen atoms in total. The zero-order valence-electron chi connectivity index (χ0n) is 12.9. The highest BCUT2D eigenvalue weighted by Crippen LogP contribution is 2.22. The van der Waals surface area contributed by atoms with Gasteiger partial charge in [-0.25, -0.2) is 0 Å². The second-order valence-corrected chi connectivity index (χ2v) is 4.94. The van der Waals surface area contributed by atoms with Crippen LogP contribution in [0, 0.1) is 27.2 Å². The number of benzene rings is 2. The molecule has 0 heterocycles. The van der Waals surface area contributed by atoms with Crippen LogP contribution in [0.2, 0.25) is 0 Å². The first-order valence-corrected chi connectivity index (χ1v) is 6.90. The van der Waals surface area contributed by atoms with Crippen LogP contribution in [-0.2, 0) is 0 Å². The van der Waals surface area contributed by atoms with Gasteiger partial charge in [0.05, 0.1) is 9.85 Å². The fourth-order valence-electron chi connectivity index (χ4n) is 2.10. The molecule has 2 rings (SSSR count). The number of nitro benzene ring substituents is 2. The Hall–Kier alpha value is -3.82. The lowest BCUT2D eigenvalue weighted by atomic mass is 10.1. The number of carbonyl (C=O) groups excluding carboxylic acids is 2. The third-order valence-corrected chi connectivity index (χ3v) is 3.27. The van der Waals surface area contributed by atoms with E-state index in [-0.39, 0.29) is 22.5 Å². The number of hydrogen-bond acceptors (Lipinski definition) is 6. The number of amides is 2. The van der Waals surface area contributed by atoms with Crippen LogP contribution in [0.1, 0.15) is 26.3 Å². The minimum Gasteiger partial charge on any atom is -0.267 e. The number of hydrogen-bond donors (Lipinski definition) is 2. The number of non-ortho nitro benzene ring substituents is 1. The number of nitro groups is 2. The summed E-state index contributed by atoms with van der Waals surface area (Å²) in [6.45, 7) is 1.48. The summed E-state index contributed by atoms with van der Waals surface area (Å²) in [5.41, 5.74) is 3.49. The van der Waals surface area contributed by atoms with Crippen molar-refractivity contribution in [3.63, 3.8) is 0 Å². The number of rotatable bonds is 4. The molecular weight excluding hydrogens is 332 g/mol. The summed E-state index contributed by atoms with van der Waals surface area (Å²) >= 11 is 0. The Bertz CT molecular complexity index is 880. The third kappa shape index (κ3) is 3.93. The molecule has 0 bridgehead atoms. The second-order valence-electron chi connectivity index (χ2n) is 4.94. The van der Waals surface area contributed by atoms with Gasteiger partial charge in [0.2, 0.25) is 0 Å². The molecule has 0 radical (unpaired) electrons. The quantitative estimate of drug-likeness (QED) is 0.640. The van der Waals surface area contributed by atoms with E-state index in [4.69, 9.17) is 0 Å². The lowest BCUT2D eigenvalue weighted by molar-refractivity contribution is -0.385. The largest absolute Gasteiger partial charge is 0.285 e. The summed E-state index contributed by atoms with van der Waals surface area (Å²) in [5.74, 6) is -1.68. The van der Waals surface area contributed by atoms with Gasteiger partial charge in [-0.1, -0.05) is 18.2 Å². The zero-order chi connectivity index (χ0) is 18.6. The molecule has 2 N–H and O–H groups in total. The van der Waals surface area contributed by atoms with Gasteiger partial charge in [0.15, 0.2) is 0 Å². The summed E-state index contributed by atoms with van der Waals surface area (Å²) in [6.07, 6.45) is 0. The van der Waals surface area contributed by atoms with E-state index in [0.717, 1.165) is 6.07 Å². The van der Waals surface area contributed by atoms with Crippen molar-refractivity contribution in [1.82, 2.24) is 10.9 Å². The first kappa shape index (κ1) is 17.5. The average Bonchev–Trinajstić information content (AvgIpc) is 2.58. The topological polar surface area (TPSA) is 144 Å². The molecule has 0 atom stereocenters. The summed E-state index contributed by atoms with van der Waals surface area (Å²) in [6, 6.07) is 9.10. The van der Waals surface area contributed by atoms with E-state index in [1.807, 2.05) is 0 Å². The van der Waals surface area contributed by atoms with Gasteiger partial charge < -0.3 is 0 Å². The average molecular weight is 344 g/mol. The van der Waals surface area contributed by atoms with Crippen LogP contribution in [0.5, 0.6) is 0 Å². The highest BCUT2D eigenvalue weighted by atomic mass is 16.6. The maximum absolute atomic E-state index is 12.1. The molecule has 2 amide bonds. The highest BCUT2D eigenvalue weighted by molar-refractivity contribution is 6.01. The first-order chi connectivity index (χ1) is 11.8. The molecule has 25 heavy (non-hydrogen) atoms. The van der Waals surface area contributed by atoms with Gasteiger partial charge in [0.1, 0.15) is 5.56 Å². The number of nitrogens with one attached hydrogen (secondary N) is 2. The number of para-hydroxylation sites is 1. The highest BCUT2D eigenvalue weighted by Gasteiger charge is 2.22. The molecule has 128 valence electrons. The standard InChI is InChI=1S/C15H12N4O6/c1-9-4-2-7-12(13(9)19(24)25)15(21)17-16-14(20)10-5-3-6-11(8-10)18(22)23/h2-8H,1H3,(H,16,20)(H,17,21). The van der Waals surface area contributed by atoms with Gasteiger partial charge in [0.25, 0.3) is 23.2 Å². The summed E-state index contributed by atoms with van der Waals surface area (Å²) in [4.78, 5) is 44.5. The van der Waals surface area contributed by atoms with Crippen LogP contribution in [0.25, 0.3) is 0 Å². The predicted molar refractivity (Wildman–Crippen MR) is 85.9 cm³/mol. The van der Waals surface area contributed by atoms with Gasteiger partial charge in [-0.3, -0.25) is 40.7 Å². The van der Waals surface area contributed by atoms with Gasteiger partial charge in [-0.15, -0.1) is 0 Å². The summed E-state index contributed by atoms with van der Waals surface area (Å²) in [7, 11) is 0. The van der Waals surface area contributed by atoms with Crippen molar-refractivity contribution in [2.45, 2.75) is 6.92 Å². The number of hydrazine groups is 1. The van der Waals surface area contributed by atoms with Crippen molar-refractivity contribution in [3.05, 3.63) is 79.4 Å².